The fraction of sp³-hybridized carbons (Fsp3) is 0.400. The summed E-state index contributed by atoms with van der Waals surface area (Å²) in [5.74, 6) is -0.212. The average Bonchev–Trinajstić information content (AvgIpc) is 2.37. The Kier molecular flexibility index (Phi) is 1.58. The number of rotatable bonds is 2. The van der Waals surface area contributed by atoms with Crippen LogP contribution >= 0.6 is 0 Å². The Bertz CT molecular complexity index is 183. The van der Waals surface area contributed by atoms with Gasteiger partial charge in [-0.1, -0.05) is 0 Å². The first-order valence-electron chi connectivity index (χ1n) is 2.57. The molecule has 1 unspecified atom stereocenters. The highest BCUT2D eigenvalue weighted by Gasteiger charge is 2.05. The summed E-state index contributed by atoms with van der Waals surface area (Å²) in [6, 6.07) is 0. The van der Waals surface area contributed by atoms with Crippen LogP contribution in [0.2, 0.25) is 0 Å². The Labute approximate surface area is 51.8 Å². The summed E-state index contributed by atoms with van der Waals surface area (Å²) in [5, 5.41) is 6.75. The van der Waals surface area contributed by atoms with Gasteiger partial charge in [0.05, 0.1) is 5.92 Å². The van der Waals surface area contributed by atoms with Crippen LogP contribution in [0.15, 0.2) is 10.8 Å². The Hall–Kier alpha value is -1.19. The summed E-state index contributed by atoms with van der Waals surface area (Å²) in [4.78, 5) is 10.1. The maximum Gasteiger partial charge on any atom is 0.148 e. The van der Waals surface area contributed by atoms with Crippen LogP contribution in [-0.2, 0) is 4.79 Å². The summed E-state index contributed by atoms with van der Waals surface area (Å²) in [5.41, 5.74) is 0.574. The number of nitrogens with zero attached hydrogens (tertiary/aromatic N) is 2. The third-order valence-corrected chi connectivity index (χ3v) is 1.05. The van der Waals surface area contributed by atoms with Crippen LogP contribution < -0.4 is 0 Å². The van der Waals surface area contributed by atoms with E-state index >= 15 is 0 Å². The van der Waals surface area contributed by atoms with E-state index in [0.29, 0.717) is 5.69 Å². The Balaban J connectivity index is 2.76. The molecular weight excluding hydrogens is 120 g/mol. The molecule has 0 N–H and O–H groups in total. The van der Waals surface area contributed by atoms with Crippen LogP contribution in [-0.4, -0.2) is 16.7 Å². The van der Waals surface area contributed by atoms with Crippen molar-refractivity contribution >= 4 is 6.29 Å². The lowest BCUT2D eigenvalue weighted by molar-refractivity contribution is -0.108. The van der Waals surface area contributed by atoms with Crippen molar-refractivity contribution in [2.75, 3.05) is 0 Å². The van der Waals surface area contributed by atoms with Crippen LogP contribution in [0, 0.1) is 0 Å². The summed E-state index contributed by atoms with van der Waals surface area (Å²) < 4.78 is 4.42. The molecule has 0 saturated carbocycles. The van der Waals surface area contributed by atoms with Crippen LogP contribution in [0.4, 0.5) is 0 Å². The number of aromatic nitrogens is 2. The standard InChI is InChI=1S/C5H6N2O2/c1-4(2-8)5-3-9-7-6-5/h2-4H,1H3. The molecule has 48 valence electrons. The summed E-state index contributed by atoms with van der Waals surface area (Å²) >= 11 is 0. The molecule has 0 spiro atoms. The number of aldehydes is 1. The van der Waals surface area contributed by atoms with Crippen molar-refractivity contribution in [2.45, 2.75) is 12.8 Å². The third-order valence-electron chi connectivity index (χ3n) is 1.05. The topological polar surface area (TPSA) is 56.0 Å². The molecule has 0 aromatic carbocycles. The van der Waals surface area contributed by atoms with Crippen LogP contribution in [0.25, 0.3) is 0 Å². The highest BCUT2D eigenvalue weighted by atomic mass is 16.5. The van der Waals surface area contributed by atoms with Crippen molar-refractivity contribution in [1.29, 1.82) is 0 Å². The van der Waals surface area contributed by atoms with Gasteiger partial charge in [-0.2, -0.15) is 0 Å². The van der Waals surface area contributed by atoms with Crippen molar-refractivity contribution in [3.05, 3.63) is 12.0 Å². The van der Waals surface area contributed by atoms with Crippen LogP contribution in [0.3, 0.4) is 0 Å². The lowest BCUT2D eigenvalue weighted by Crippen LogP contribution is -1.93. The van der Waals surface area contributed by atoms with E-state index < -0.39 is 0 Å². The first-order valence-corrected chi connectivity index (χ1v) is 2.57. The minimum absolute atomic E-state index is 0.212. The largest absolute Gasteiger partial charge is 0.345 e. The van der Waals surface area contributed by atoms with E-state index in [0.717, 1.165) is 6.29 Å². The highest BCUT2D eigenvalue weighted by Crippen LogP contribution is 2.06. The molecule has 0 radical (unpaired) electrons. The van der Waals surface area contributed by atoms with E-state index in [-0.39, 0.29) is 5.92 Å². The molecule has 1 heterocycles. The van der Waals surface area contributed by atoms with Gasteiger partial charge in [0, 0.05) is 5.27 Å². The molecule has 0 fully saturated rings. The van der Waals surface area contributed by atoms with Gasteiger partial charge in [0.2, 0.25) is 0 Å². The van der Waals surface area contributed by atoms with E-state index in [9.17, 15) is 4.79 Å². The maximum absolute atomic E-state index is 10.1. The zero-order valence-electron chi connectivity index (χ0n) is 4.94. The number of carbonyl (C=O) groups is 1. The third kappa shape index (κ3) is 1.13. The smallest absolute Gasteiger partial charge is 0.148 e. The summed E-state index contributed by atoms with van der Waals surface area (Å²) in [6.07, 6.45) is 2.15. The van der Waals surface area contributed by atoms with E-state index in [1.165, 1.54) is 6.26 Å². The van der Waals surface area contributed by atoms with Crippen molar-refractivity contribution in [3.63, 3.8) is 0 Å². The molecule has 4 heteroatoms. The van der Waals surface area contributed by atoms with Crippen molar-refractivity contribution in [1.82, 2.24) is 10.4 Å². The zero-order valence-corrected chi connectivity index (χ0v) is 4.94. The fourth-order valence-corrected chi connectivity index (χ4v) is 0.440. The second kappa shape index (κ2) is 2.39. The van der Waals surface area contributed by atoms with Crippen molar-refractivity contribution in [2.24, 2.45) is 0 Å². The van der Waals surface area contributed by atoms with Gasteiger partial charge < -0.3 is 9.32 Å². The fourth-order valence-electron chi connectivity index (χ4n) is 0.440. The first kappa shape index (κ1) is 5.94. The predicted molar refractivity (Wildman–Crippen MR) is 28.8 cm³/mol. The minimum atomic E-state index is -0.212. The molecule has 0 saturated heterocycles. The number of carbonyl (C=O) groups excluding carboxylic acids is 1. The van der Waals surface area contributed by atoms with Gasteiger partial charge in [-0.15, -0.1) is 5.10 Å². The highest BCUT2D eigenvalue weighted by molar-refractivity contribution is 5.59. The average molecular weight is 126 g/mol. The maximum atomic E-state index is 10.1. The Morgan fingerprint density at radius 2 is 2.67 bits per heavy atom. The van der Waals surface area contributed by atoms with Crippen molar-refractivity contribution in [3.8, 4) is 0 Å². The lowest BCUT2D eigenvalue weighted by atomic mass is 10.1. The lowest BCUT2D eigenvalue weighted by Gasteiger charge is -1.90. The molecule has 0 aliphatic heterocycles. The molecule has 1 atom stereocenters. The number of hydrogen-bond acceptors (Lipinski definition) is 4. The Morgan fingerprint density at radius 1 is 1.89 bits per heavy atom. The van der Waals surface area contributed by atoms with E-state index in [1.807, 2.05) is 0 Å². The molecule has 9 heavy (non-hydrogen) atoms. The number of hydrogen-bond donors (Lipinski definition) is 0. The molecule has 0 bridgehead atoms. The minimum Gasteiger partial charge on any atom is -0.345 e. The molecule has 1 rings (SSSR count). The first-order chi connectivity index (χ1) is 4.34. The van der Waals surface area contributed by atoms with E-state index in [4.69, 9.17) is 0 Å². The van der Waals surface area contributed by atoms with Gasteiger partial charge >= 0.3 is 0 Å². The molecular formula is C5H6N2O2. The normalized spacial score (nSPS) is 13.0. The predicted octanol–water partition coefficient (Wildman–Crippen LogP) is 0.372. The molecule has 4 nitrogen and oxygen atoms in total. The second-order valence-electron chi connectivity index (χ2n) is 1.75. The molecule has 0 aliphatic carbocycles. The van der Waals surface area contributed by atoms with Gasteiger partial charge in [-0.25, -0.2) is 0 Å². The second-order valence-corrected chi connectivity index (χ2v) is 1.75. The Morgan fingerprint density at radius 3 is 3.11 bits per heavy atom. The SMILES string of the molecule is CC(C=O)c1conn1. The van der Waals surface area contributed by atoms with Crippen molar-refractivity contribution < 1.29 is 9.32 Å². The van der Waals surface area contributed by atoms with Gasteiger partial charge in [0.15, 0.2) is 0 Å². The van der Waals surface area contributed by atoms with E-state index in [1.54, 1.807) is 6.92 Å². The summed E-state index contributed by atoms with van der Waals surface area (Å²) in [7, 11) is 0. The quantitative estimate of drug-likeness (QED) is 0.537. The molecule has 0 amide bonds. The van der Waals surface area contributed by atoms with Gasteiger partial charge in [-0.05, 0) is 6.92 Å². The molecule has 1 aromatic rings. The van der Waals surface area contributed by atoms with Crippen LogP contribution in [0.5, 0.6) is 0 Å². The molecule has 1 aromatic heterocycles. The summed E-state index contributed by atoms with van der Waals surface area (Å²) in [6.45, 7) is 1.73. The van der Waals surface area contributed by atoms with Crippen LogP contribution in [0.1, 0.15) is 18.5 Å². The van der Waals surface area contributed by atoms with Gasteiger partial charge in [0.1, 0.15) is 18.2 Å². The van der Waals surface area contributed by atoms with Gasteiger partial charge in [-0.3, -0.25) is 0 Å². The monoisotopic (exact) mass is 126 g/mol. The molecule has 0 aliphatic rings. The van der Waals surface area contributed by atoms with Gasteiger partial charge in [0.25, 0.3) is 0 Å². The van der Waals surface area contributed by atoms with E-state index in [2.05, 4.69) is 14.9 Å². The zero-order chi connectivity index (χ0) is 6.69.